The van der Waals surface area contributed by atoms with E-state index in [-0.39, 0.29) is 0 Å². The molecule has 0 amide bonds. The Bertz CT molecular complexity index is 668. The second-order valence-corrected chi connectivity index (χ2v) is 6.73. The highest BCUT2D eigenvalue weighted by Crippen LogP contribution is 2.22. The van der Waals surface area contributed by atoms with Crippen molar-refractivity contribution in [2.45, 2.75) is 26.4 Å². The van der Waals surface area contributed by atoms with Gasteiger partial charge in [0.1, 0.15) is 5.75 Å². The van der Waals surface area contributed by atoms with E-state index in [0.717, 1.165) is 36.9 Å². The molecule has 0 spiro atoms. The molecule has 1 aromatic heterocycles. The zero-order valence-corrected chi connectivity index (χ0v) is 17.0. The summed E-state index contributed by atoms with van der Waals surface area (Å²) < 4.78 is 5.28. The van der Waals surface area contributed by atoms with Gasteiger partial charge in [0.15, 0.2) is 5.96 Å². The number of ether oxygens (including phenoxy) is 1. The van der Waals surface area contributed by atoms with E-state index in [1.54, 1.807) is 25.5 Å². The van der Waals surface area contributed by atoms with Crippen LogP contribution < -0.4 is 15.4 Å². The average molecular weight is 375 g/mol. The third kappa shape index (κ3) is 5.75. The lowest BCUT2D eigenvalue weighted by Gasteiger charge is -2.30. The first-order valence-electron chi connectivity index (χ1n) is 9.05. The molecule has 2 N–H and O–H groups in total. The Hall–Kier alpha value is -2.05. The number of hydrogen-bond acceptors (Lipinski definition) is 4. The number of nitrogens with one attached hydrogen (secondary N) is 2. The summed E-state index contributed by atoms with van der Waals surface area (Å²) in [5.41, 5.74) is 2.51. The van der Waals surface area contributed by atoms with Gasteiger partial charge in [-0.15, -0.1) is 0 Å². The largest absolute Gasteiger partial charge is 0.497 e. The molecule has 0 radical (unpaired) electrons. The predicted octanol–water partition coefficient (Wildman–Crippen LogP) is 3.50. The minimum atomic E-state index is 0.339. The van der Waals surface area contributed by atoms with Crippen LogP contribution in [0.1, 0.15) is 31.0 Å². The molecule has 0 bridgehead atoms. The lowest BCUT2D eigenvalue weighted by Crippen LogP contribution is -2.42. The molecule has 0 saturated heterocycles. The maximum atomic E-state index is 5.28. The van der Waals surface area contributed by atoms with Crippen LogP contribution in [-0.2, 0) is 6.54 Å². The molecule has 0 saturated carbocycles. The average Bonchev–Trinajstić information content (AvgIpc) is 3.21. The minimum Gasteiger partial charge on any atom is -0.497 e. The van der Waals surface area contributed by atoms with Crippen LogP contribution in [0.15, 0.2) is 46.1 Å². The number of guanidine groups is 1. The lowest BCUT2D eigenvalue weighted by atomic mass is 10.1. The highest BCUT2D eigenvalue weighted by molar-refractivity contribution is 7.07. The number of rotatable bonds is 9. The minimum absolute atomic E-state index is 0.339. The third-order valence-corrected chi connectivity index (χ3v) is 5.16. The molecule has 2 aromatic rings. The number of likely N-dealkylation sites (N-methyl/N-ethyl adjacent to an activating group) is 1. The van der Waals surface area contributed by atoms with E-state index in [1.165, 1.54) is 5.56 Å². The second kappa shape index (κ2) is 10.8. The maximum absolute atomic E-state index is 5.28. The van der Waals surface area contributed by atoms with Gasteiger partial charge >= 0.3 is 0 Å². The highest BCUT2D eigenvalue weighted by Gasteiger charge is 2.18. The Morgan fingerprint density at radius 3 is 2.65 bits per heavy atom. The molecule has 1 atom stereocenters. The van der Waals surface area contributed by atoms with Crippen LogP contribution in [0.3, 0.4) is 0 Å². The number of benzene rings is 1. The summed E-state index contributed by atoms with van der Waals surface area (Å²) in [6, 6.07) is 10.6. The van der Waals surface area contributed by atoms with Crippen molar-refractivity contribution in [1.29, 1.82) is 0 Å². The fourth-order valence-electron chi connectivity index (χ4n) is 2.97. The number of thiophene rings is 1. The standard InChI is InChI=1S/C20H30N4OS/c1-5-24(6-2)19(17-10-11-26-15-17)14-23-20(21-3)22-13-16-8-7-9-18(12-16)25-4/h7-12,15,19H,5-6,13-14H2,1-4H3,(H2,21,22,23). The van der Waals surface area contributed by atoms with Crippen LogP contribution >= 0.6 is 11.3 Å². The van der Waals surface area contributed by atoms with Crippen LogP contribution in [0.4, 0.5) is 0 Å². The fraction of sp³-hybridized carbons (Fsp3) is 0.450. The van der Waals surface area contributed by atoms with Crippen molar-refractivity contribution in [1.82, 2.24) is 15.5 Å². The zero-order chi connectivity index (χ0) is 18.8. The predicted molar refractivity (Wildman–Crippen MR) is 111 cm³/mol. The van der Waals surface area contributed by atoms with Crippen LogP contribution in [0.25, 0.3) is 0 Å². The van der Waals surface area contributed by atoms with Crippen molar-refractivity contribution in [2.24, 2.45) is 4.99 Å². The van der Waals surface area contributed by atoms with Gasteiger partial charge in [0.05, 0.1) is 13.2 Å². The molecule has 0 aliphatic carbocycles. The fourth-order valence-corrected chi connectivity index (χ4v) is 3.68. The molecule has 0 aliphatic rings. The van der Waals surface area contributed by atoms with Gasteiger partial charge in [-0.3, -0.25) is 9.89 Å². The molecule has 1 aromatic carbocycles. The summed E-state index contributed by atoms with van der Waals surface area (Å²) in [6.07, 6.45) is 0. The highest BCUT2D eigenvalue weighted by atomic mass is 32.1. The van der Waals surface area contributed by atoms with E-state index in [1.807, 2.05) is 18.2 Å². The van der Waals surface area contributed by atoms with E-state index >= 15 is 0 Å². The van der Waals surface area contributed by atoms with Crippen LogP contribution in [-0.4, -0.2) is 44.7 Å². The smallest absolute Gasteiger partial charge is 0.191 e. The Balaban J connectivity index is 1.95. The molecular formula is C20H30N4OS. The number of hydrogen-bond donors (Lipinski definition) is 2. The van der Waals surface area contributed by atoms with E-state index in [2.05, 4.69) is 57.3 Å². The van der Waals surface area contributed by atoms with Crippen molar-refractivity contribution in [3.05, 3.63) is 52.2 Å². The number of nitrogens with zero attached hydrogens (tertiary/aromatic N) is 2. The summed E-state index contributed by atoms with van der Waals surface area (Å²) in [5, 5.41) is 11.2. The van der Waals surface area contributed by atoms with Gasteiger partial charge in [-0.1, -0.05) is 26.0 Å². The first-order chi connectivity index (χ1) is 12.7. The van der Waals surface area contributed by atoms with E-state index in [0.29, 0.717) is 12.6 Å². The van der Waals surface area contributed by atoms with Crippen molar-refractivity contribution in [2.75, 3.05) is 33.8 Å². The first kappa shape index (κ1) is 20.3. The van der Waals surface area contributed by atoms with E-state index in [9.17, 15) is 0 Å². The van der Waals surface area contributed by atoms with Crippen molar-refractivity contribution in [3.63, 3.8) is 0 Å². The first-order valence-corrected chi connectivity index (χ1v) is 9.99. The molecule has 1 unspecified atom stereocenters. The van der Waals surface area contributed by atoms with Crippen molar-refractivity contribution in [3.8, 4) is 5.75 Å². The maximum Gasteiger partial charge on any atom is 0.191 e. The lowest BCUT2D eigenvalue weighted by molar-refractivity contribution is 0.219. The van der Waals surface area contributed by atoms with Gasteiger partial charge < -0.3 is 15.4 Å². The van der Waals surface area contributed by atoms with Crippen LogP contribution in [0, 0.1) is 0 Å². The summed E-state index contributed by atoms with van der Waals surface area (Å²) in [6.45, 7) is 7.97. The summed E-state index contributed by atoms with van der Waals surface area (Å²) >= 11 is 1.75. The molecule has 5 nitrogen and oxygen atoms in total. The molecule has 0 aliphatic heterocycles. The topological polar surface area (TPSA) is 48.9 Å². The van der Waals surface area contributed by atoms with Gasteiger partial charge in [0.25, 0.3) is 0 Å². The van der Waals surface area contributed by atoms with E-state index < -0.39 is 0 Å². The summed E-state index contributed by atoms with van der Waals surface area (Å²) in [7, 11) is 3.49. The molecule has 1 heterocycles. The Morgan fingerprint density at radius 1 is 1.23 bits per heavy atom. The van der Waals surface area contributed by atoms with Gasteiger partial charge in [-0.2, -0.15) is 11.3 Å². The molecule has 26 heavy (non-hydrogen) atoms. The molecule has 6 heteroatoms. The third-order valence-electron chi connectivity index (χ3n) is 4.46. The molecule has 2 rings (SSSR count). The van der Waals surface area contributed by atoms with Gasteiger partial charge in [-0.25, -0.2) is 0 Å². The normalized spacial score (nSPS) is 12.9. The monoisotopic (exact) mass is 374 g/mol. The van der Waals surface area contributed by atoms with Crippen molar-refractivity contribution < 1.29 is 4.74 Å². The summed E-state index contributed by atoms with van der Waals surface area (Å²) in [4.78, 5) is 6.82. The second-order valence-electron chi connectivity index (χ2n) is 5.95. The van der Waals surface area contributed by atoms with Crippen molar-refractivity contribution >= 4 is 17.3 Å². The van der Waals surface area contributed by atoms with Crippen LogP contribution in [0.5, 0.6) is 5.75 Å². The van der Waals surface area contributed by atoms with Crippen LogP contribution in [0.2, 0.25) is 0 Å². The molecule has 0 fully saturated rings. The quantitative estimate of drug-likeness (QED) is 0.521. The SMILES string of the molecule is CCN(CC)C(CNC(=NC)NCc1cccc(OC)c1)c1ccsc1. The zero-order valence-electron chi connectivity index (χ0n) is 16.2. The summed E-state index contributed by atoms with van der Waals surface area (Å²) in [5.74, 6) is 1.67. The van der Waals surface area contributed by atoms with Gasteiger partial charge in [0.2, 0.25) is 0 Å². The molecular weight excluding hydrogens is 344 g/mol. The van der Waals surface area contributed by atoms with Gasteiger partial charge in [0, 0.05) is 20.1 Å². The Kier molecular flexibility index (Phi) is 8.44. The van der Waals surface area contributed by atoms with E-state index in [4.69, 9.17) is 4.74 Å². The number of methoxy groups -OCH3 is 1. The van der Waals surface area contributed by atoms with Gasteiger partial charge in [-0.05, 0) is 53.2 Å². The Morgan fingerprint density at radius 2 is 2.04 bits per heavy atom. The Labute approximate surface area is 161 Å². The number of aliphatic imine (C=N–C) groups is 1. The molecule has 142 valence electrons.